The average molecular weight is 205 g/mol. The van der Waals surface area contributed by atoms with E-state index in [-0.39, 0.29) is 5.78 Å². The van der Waals surface area contributed by atoms with Crippen molar-refractivity contribution in [3.63, 3.8) is 0 Å². The Morgan fingerprint density at radius 1 is 1.67 bits per heavy atom. The molecule has 0 spiro atoms. The largest absolute Gasteiger partial charge is 0.291 e. The Morgan fingerprint density at radius 2 is 2.33 bits per heavy atom. The number of Topliss-reactive ketones (excluding diaryl/α,β-unsaturated/α-hetero) is 1. The molecule has 0 N–H and O–H groups in total. The number of carbonyl (C=O) groups excluding carboxylic acids is 1. The quantitative estimate of drug-likeness (QED) is 0.704. The second-order valence-corrected chi connectivity index (χ2v) is 4.05. The summed E-state index contributed by atoms with van der Waals surface area (Å²) in [6.45, 7) is 3.99. The Hall–Kier alpha value is -1.63. The Morgan fingerprint density at radius 3 is 2.73 bits per heavy atom. The lowest BCUT2D eigenvalue weighted by molar-refractivity contribution is 0.0931. The molecule has 1 aromatic heterocycles. The highest BCUT2D eigenvalue weighted by atomic mass is 16.1. The monoisotopic (exact) mass is 205 g/mol. The Labute approximate surface area is 89.5 Å². The van der Waals surface area contributed by atoms with E-state index in [0.29, 0.717) is 18.0 Å². The first kappa shape index (κ1) is 11.4. The summed E-state index contributed by atoms with van der Waals surface area (Å²) in [5.74, 6) is -0.408. The van der Waals surface area contributed by atoms with Crippen molar-refractivity contribution in [2.45, 2.75) is 20.3 Å². The molecule has 0 bridgehead atoms. The fraction of sp³-hybridized carbons (Fsp3) is 0.545. The number of aromatic nitrogens is 2. The van der Waals surface area contributed by atoms with Gasteiger partial charge in [-0.25, -0.2) is 0 Å². The highest BCUT2D eigenvalue weighted by Crippen LogP contribution is 2.15. The summed E-state index contributed by atoms with van der Waals surface area (Å²) < 4.78 is 1.57. The molecule has 0 saturated carbocycles. The van der Waals surface area contributed by atoms with Gasteiger partial charge in [-0.3, -0.25) is 9.48 Å². The number of aryl methyl sites for hydroxylation is 1. The fourth-order valence-electron chi connectivity index (χ4n) is 1.41. The molecule has 4 heteroatoms. The van der Waals surface area contributed by atoms with Gasteiger partial charge in [0.05, 0.1) is 6.07 Å². The van der Waals surface area contributed by atoms with Crippen molar-refractivity contribution in [1.29, 1.82) is 5.26 Å². The second kappa shape index (κ2) is 4.74. The molecule has 0 aliphatic heterocycles. The third kappa shape index (κ3) is 2.91. The van der Waals surface area contributed by atoms with Crippen LogP contribution in [0.25, 0.3) is 0 Å². The van der Waals surface area contributed by atoms with E-state index in [1.165, 1.54) is 0 Å². The molecule has 0 amide bonds. The van der Waals surface area contributed by atoms with Crippen LogP contribution in [0.2, 0.25) is 0 Å². The first-order valence-electron chi connectivity index (χ1n) is 4.98. The number of hydrogen-bond acceptors (Lipinski definition) is 3. The standard InChI is InChI=1S/C11H15N3O/c1-8(2)6-9(7-12)11(15)10-4-5-14(3)13-10/h4-5,8-9H,6H2,1-3H3. The van der Waals surface area contributed by atoms with Gasteiger partial charge >= 0.3 is 0 Å². The van der Waals surface area contributed by atoms with Crippen LogP contribution in [0.5, 0.6) is 0 Å². The van der Waals surface area contributed by atoms with Gasteiger partial charge in [0.2, 0.25) is 0 Å². The molecule has 1 unspecified atom stereocenters. The molecule has 0 radical (unpaired) electrons. The summed E-state index contributed by atoms with van der Waals surface area (Å²) in [6, 6.07) is 3.69. The SMILES string of the molecule is CC(C)CC(C#N)C(=O)c1ccn(C)n1. The highest BCUT2D eigenvalue weighted by Gasteiger charge is 2.22. The van der Waals surface area contributed by atoms with Crippen molar-refractivity contribution in [3.05, 3.63) is 18.0 Å². The number of nitriles is 1. The molecule has 0 fully saturated rings. The Kier molecular flexibility index (Phi) is 3.62. The normalized spacial score (nSPS) is 12.5. The van der Waals surface area contributed by atoms with Crippen LogP contribution in [0, 0.1) is 23.2 Å². The number of carbonyl (C=O) groups is 1. The molecular formula is C11H15N3O. The van der Waals surface area contributed by atoms with Crippen LogP contribution in [0.3, 0.4) is 0 Å². The zero-order chi connectivity index (χ0) is 11.4. The maximum Gasteiger partial charge on any atom is 0.200 e. The second-order valence-electron chi connectivity index (χ2n) is 4.05. The van der Waals surface area contributed by atoms with E-state index >= 15 is 0 Å². The van der Waals surface area contributed by atoms with Gasteiger partial charge in [-0.2, -0.15) is 10.4 Å². The van der Waals surface area contributed by atoms with E-state index in [1.807, 2.05) is 19.9 Å². The summed E-state index contributed by atoms with van der Waals surface area (Å²) in [4.78, 5) is 11.8. The van der Waals surface area contributed by atoms with Crippen LogP contribution in [-0.4, -0.2) is 15.6 Å². The van der Waals surface area contributed by atoms with Gasteiger partial charge in [0.1, 0.15) is 11.6 Å². The van der Waals surface area contributed by atoms with Crippen LogP contribution in [-0.2, 0) is 7.05 Å². The van der Waals surface area contributed by atoms with E-state index in [9.17, 15) is 4.79 Å². The minimum absolute atomic E-state index is 0.174. The van der Waals surface area contributed by atoms with Gasteiger partial charge in [0, 0.05) is 13.2 Å². The summed E-state index contributed by atoms with van der Waals surface area (Å²) >= 11 is 0. The first-order valence-corrected chi connectivity index (χ1v) is 4.98. The zero-order valence-electron chi connectivity index (χ0n) is 9.27. The zero-order valence-corrected chi connectivity index (χ0v) is 9.27. The smallest absolute Gasteiger partial charge is 0.200 e. The van der Waals surface area contributed by atoms with Gasteiger partial charge in [-0.15, -0.1) is 0 Å². The minimum atomic E-state index is -0.570. The van der Waals surface area contributed by atoms with E-state index in [2.05, 4.69) is 5.10 Å². The lowest BCUT2D eigenvalue weighted by Gasteiger charge is -2.08. The Bertz CT molecular complexity index is 387. The molecular weight excluding hydrogens is 190 g/mol. The Balaban J connectivity index is 2.79. The van der Waals surface area contributed by atoms with Crippen LogP contribution in [0.1, 0.15) is 30.8 Å². The summed E-state index contributed by atoms with van der Waals surface area (Å²) in [7, 11) is 1.75. The molecule has 4 nitrogen and oxygen atoms in total. The van der Waals surface area contributed by atoms with Gasteiger partial charge in [-0.05, 0) is 18.4 Å². The molecule has 1 rings (SSSR count). The van der Waals surface area contributed by atoms with E-state index in [4.69, 9.17) is 5.26 Å². The summed E-state index contributed by atoms with van der Waals surface area (Å²) in [6.07, 6.45) is 2.29. The molecule has 1 heterocycles. The first-order chi connectivity index (χ1) is 7.04. The fourth-order valence-corrected chi connectivity index (χ4v) is 1.41. The van der Waals surface area contributed by atoms with Crippen molar-refractivity contribution in [3.8, 4) is 6.07 Å². The number of nitrogens with zero attached hydrogens (tertiary/aromatic N) is 3. The summed E-state index contributed by atoms with van der Waals surface area (Å²) in [5.41, 5.74) is 0.379. The van der Waals surface area contributed by atoms with Crippen molar-refractivity contribution in [1.82, 2.24) is 9.78 Å². The molecule has 0 saturated heterocycles. The molecule has 0 aliphatic carbocycles. The van der Waals surface area contributed by atoms with Crippen molar-refractivity contribution < 1.29 is 4.79 Å². The van der Waals surface area contributed by atoms with E-state index in [0.717, 1.165) is 0 Å². The van der Waals surface area contributed by atoms with Gasteiger partial charge in [0.15, 0.2) is 5.78 Å². The predicted octanol–water partition coefficient (Wildman–Crippen LogP) is 1.79. The highest BCUT2D eigenvalue weighted by molar-refractivity contribution is 5.97. The molecule has 1 atom stereocenters. The molecule has 15 heavy (non-hydrogen) atoms. The van der Waals surface area contributed by atoms with Crippen LogP contribution in [0.15, 0.2) is 12.3 Å². The number of ketones is 1. The third-order valence-corrected chi connectivity index (χ3v) is 2.15. The maximum absolute atomic E-state index is 11.8. The number of hydrogen-bond donors (Lipinski definition) is 0. The van der Waals surface area contributed by atoms with Crippen LogP contribution < -0.4 is 0 Å². The predicted molar refractivity (Wildman–Crippen MR) is 56.1 cm³/mol. The lowest BCUT2D eigenvalue weighted by atomic mass is 9.93. The molecule has 0 aromatic carbocycles. The molecule has 80 valence electrons. The maximum atomic E-state index is 11.8. The summed E-state index contributed by atoms with van der Waals surface area (Å²) in [5, 5.41) is 12.9. The third-order valence-electron chi connectivity index (χ3n) is 2.15. The molecule has 1 aromatic rings. The molecule has 0 aliphatic rings. The topological polar surface area (TPSA) is 58.7 Å². The van der Waals surface area contributed by atoms with E-state index < -0.39 is 5.92 Å². The van der Waals surface area contributed by atoms with Crippen molar-refractivity contribution in [2.24, 2.45) is 18.9 Å². The minimum Gasteiger partial charge on any atom is -0.291 e. The average Bonchev–Trinajstić information content (AvgIpc) is 2.60. The van der Waals surface area contributed by atoms with E-state index in [1.54, 1.807) is 24.0 Å². The van der Waals surface area contributed by atoms with Gasteiger partial charge < -0.3 is 0 Å². The van der Waals surface area contributed by atoms with Crippen molar-refractivity contribution >= 4 is 5.78 Å². The van der Waals surface area contributed by atoms with Gasteiger partial charge in [0.25, 0.3) is 0 Å². The van der Waals surface area contributed by atoms with Crippen LogP contribution in [0.4, 0.5) is 0 Å². The number of rotatable bonds is 4. The van der Waals surface area contributed by atoms with Gasteiger partial charge in [-0.1, -0.05) is 13.8 Å². The lowest BCUT2D eigenvalue weighted by Crippen LogP contribution is -2.16. The van der Waals surface area contributed by atoms with Crippen molar-refractivity contribution in [2.75, 3.05) is 0 Å². The van der Waals surface area contributed by atoms with Crippen LogP contribution >= 0.6 is 0 Å².